The zero-order valence-corrected chi connectivity index (χ0v) is 16.2. The van der Waals surface area contributed by atoms with Crippen LogP contribution in [0.3, 0.4) is 0 Å². The molecular weight excluding hydrogens is 336 g/mol. The molecule has 5 nitrogen and oxygen atoms in total. The summed E-state index contributed by atoms with van der Waals surface area (Å²) in [6.07, 6.45) is 7.39. The minimum Gasteiger partial charge on any atom is -0.355 e. The second-order valence-electron chi connectivity index (χ2n) is 8.20. The smallest absolute Gasteiger partial charge is 0.252 e. The van der Waals surface area contributed by atoms with Gasteiger partial charge in [-0.2, -0.15) is 0 Å². The number of fused-ring (bicyclic) bond motifs is 1. The maximum Gasteiger partial charge on any atom is 0.252 e. The van der Waals surface area contributed by atoms with E-state index in [9.17, 15) is 4.79 Å². The van der Waals surface area contributed by atoms with E-state index >= 15 is 0 Å². The number of pyridine rings is 1. The van der Waals surface area contributed by atoms with Gasteiger partial charge >= 0.3 is 0 Å². The Morgan fingerprint density at radius 3 is 2.74 bits per heavy atom. The van der Waals surface area contributed by atoms with Crippen molar-refractivity contribution in [2.24, 2.45) is 11.7 Å². The van der Waals surface area contributed by atoms with E-state index in [4.69, 9.17) is 10.7 Å². The molecule has 1 amide bonds. The van der Waals surface area contributed by atoms with Crippen molar-refractivity contribution in [3.63, 3.8) is 0 Å². The van der Waals surface area contributed by atoms with Gasteiger partial charge in [0.1, 0.15) is 5.82 Å². The highest BCUT2D eigenvalue weighted by atomic mass is 16.1. The molecule has 1 atom stereocenters. The van der Waals surface area contributed by atoms with Crippen LogP contribution in [0.1, 0.15) is 54.4 Å². The quantitative estimate of drug-likeness (QED) is 0.870. The number of rotatable bonds is 4. The molecule has 2 fully saturated rings. The van der Waals surface area contributed by atoms with E-state index in [0.29, 0.717) is 5.92 Å². The zero-order chi connectivity index (χ0) is 18.8. The van der Waals surface area contributed by atoms with E-state index in [1.807, 2.05) is 31.2 Å². The molecule has 1 aliphatic carbocycles. The number of nitrogens with one attached hydrogen (secondary N) is 1. The SMILES string of the molecule is Cc1ccc2nc(N3CCC(N)C3)ccc2c1C(=O)NCC1CCCCC1. The number of hydrogen-bond acceptors (Lipinski definition) is 4. The number of nitrogens with two attached hydrogens (primary N) is 1. The summed E-state index contributed by atoms with van der Waals surface area (Å²) < 4.78 is 0. The van der Waals surface area contributed by atoms with Gasteiger partial charge in [0.25, 0.3) is 5.91 Å². The van der Waals surface area contributed by atoms with Crippen LogP contribution in [0.5, 0.6) is 0 Å². The van der Waals surface area contributed by atoms with Gasteiger partial charge in [-0.1, -0.05) is 25.3 Å². The fourth-order valence-corrected chi connectivity index (χ4v) is 4.49. The lowest BCUT2D eigenvalue weighted by Gasteiger charge is -2.22. The van der Waals surface area contributed by atoms with Gasteiger partial charge in [-0.15, -0.1) is 0 Å². The van der Waals surface area contributed by atoms with Crippen molar-refractivity contribution >= 4 is 22.6 Å². The summed E-state index contributed by atoms with van der Waals surface area (Å²) in [4.78, 5) is 20.0. The third kappa shape index (κ3) is 3.93. The van der Waals surface area contributed by atoms with Crippen molar-refractivity contribution in [3.8, 4) is 0 Å². The monoisotopic (exact) mass is 366 g/mol. The molecule has 1 saturated heterocycles. The van der Waals surface area contributed by atoms with Crippen LogP contribution in [0.15, 0.2) is 24.3 Å². The number of carbonyl (C=O) groups excluding carboxylic acids is 1. The largest absolute Gasteiger partial charge is 0.355 e. The topological polar surface area (TPSA) is 71.2 Å². The fraction of sp³-hybridized carbons (Fsp3) is 0.545. The van der Waals surface area contributed by atoms with Crippen LogP contribution >= 0.6 is 0 Å². The molecule has 1 unspecified atom stereocenters. The van der Waals surface area contributed by atoms with E-state index in [1.54, 1.807) is 0 Å². The molecule has 2 heterocycles. The minimum atomic E-state index is 0.0291. The number of amides is 1. The first-order valence-corrected chi connectivity index (χ1v) is 10.3. The maximum absolute atomic E-state index is 12.9. The second kappa shape index (κ2) is 7.85. The highest BCUT2D eigenvalue weighted by Crippen LogP contribution is 2.26. The first-order valence-electron chi connectivity index (χ1n) is 10.3. The van der Waals surface area contributed by atoms with Gasteiger partial charge in [-0.25, -0.2) is 4.98 Å². The fourth-order valence-electron chi connectivity index (χ4n) is 4.49. The molecule has 1 saturated carbocycles. The summed E-state index contributed by atoms with van der Waals surface area (Å²) in [7, 11) is 0. The minimum absolute atomic E-state index is 0.0291. The summed E-state index contributed by atoms with van der Waals surface area (Å²) in [6.45, 7) is 4.58. The average molecular weight is 367 g/mol. The van der Waals surface area contributed by atoms with Crippen LogP contribution in [0, 0.1) is 12.8 Å². The Hall–Kier alpha value is -2.14. The Labute approximate surface area is 161 Å². The Bertz CT molecular complexity index is 828. The average Bonchev–Trinajstić information content (AvgIpc) is 3.13. The van der Waals surface area contributed by atoms with Crippen molar-refractivity contribution in [2.45, 2.75) is 51.5 Å². The molecule has 4 rings (SSSR count). The van der Waals surface area contributed by atoms with Gasteiger partial charge in [-0.3, -0.25) is 4.79 Å². The van der Waals surface area contributed by atoms with Crippen molar-refractivity contribution in [1.82, 2.24) is 10.3 Å². The molecule has 1 aromatic heterocycles. The van der Waals surface area contributed by atoms with Crippen molar-refractivity contribution in [2.75, 3.05) is 24.5 Å². The molecular formula is C22H30N4O. The molecule has 5 heteroatoms. The molecule has 3 N–H and O–H groups in total. The second-order valence-corrected chi connectivity index (χ2v) is 8.20. The molecule has 0 spiro atoms. The lowest BCUT2D eigenvalue weighted by atomic mass is 9.89. The predicted molar refractivity (Wildman–Crippen MR) is 110 cm³/mol. The highest BCUT2D eigenvalue weighted by molar-refractivity contribution is 6.07. The molecule has 2 aromatic rings. The van der Waals surface area contributed by atoms with Gasteiger partial charge < -0.3 is 16.0 Å². The summed E-state index contributed by atoms with van der Waals surface area (Å²) in [5.41, 5.74) is 8.67. The molecule has 1 aliphatic heterocycles. The Balaban J connectivity index is 1.55. The van der Waals surface area contributed by atoms with E-state index in [-0.39, 0.29) is 11.9 Å². The summed E-state index contributed by atoms with van der Waals surface area (Å²) in [6, 6.07) is 8.32. The van der Waals surface area contributed by atoms with E-state index < -0.39 is 0 Å². The molecule has 2 aliphatic rings. The first-order chi connectivity index (χ1) is 13.1. The van der Waals surface area contributed by atoms with Gasteiger partial charge in [0, 0.05) is 31.1 Å². The third-order valence-corrected chi connectivity index (χ3v) is 6.12. The van der Waals surface area contributed by atoms with Gasteiger partial charge in [0.05, 0.1) is 11.1 Å². The van der Waals surface area contributed by atoms with Crippen LogP contribution in [-0.2, 0) is 0 Å². The van der Waals surface area contributed by atoms with Crippen LogP contribution in [0.4, 0.5) is 5.82 Å². The summed E-state index contributed by atoms with van der Waals surface area (Å²) >= 11 is 0. The number of hydrogen-bond donors (Lipinski definition) is 2. The van der Waals surface area contributed by atoms with Gasteiger partial charge in [0.15, 0.2) is 0 Å². The normalized spacial score (nSPS) is 21.0. The highest BCUT2D eigenvalue weighted by Gasteiger charge is 2.22. The third-order valence-electron chi connectivity index (χ3n) is 6.12. The van der Waals surface area contributed by atoms with E-state index in [2.05, 4.69) is 10.2 Å². The number of nitrogens with zero attached hydrogens (tertiary/aromatic N) is 2. The predicted octanol–water partition coefficient (Wildman–Crippen LogP) is 3.39. The molecule has 144 valence electrons. The summed E-state index contributed by atoms with van der Waals surface area (Å²) in [5, 5.41) is 4.12. The molecule has 1 aromatic carbocycles. The van der Waals surface area contributed by atoms with E-state index in [0.717, 1.165) is 53.9 Å². The standard InChI is InChI=1S/C22H30N4O/c1-15-7-9-19-18(8-10-20(25-19)26-12-11-17(23)14-26)21(15)22(27)24-13-16-5-3-2-4-6-16/h7-10,16-17H,2-6,11-14,23H2,1H3,(H,24,27). The number of aromatic nitrogens is 1. The van der Waals surface area contributed by atoms with Crippen LogP contribution in [0.2, 0.25) is 0 Å². The molecule has 0 radical (unpaired) electrons. The molecule has 0 bridgehead atoms. The Morgan fingerprint density at radius 2 is 2.00 bits per heavy atom. The van der Waals surface area contributed by atoms with Crippen molar-refractivity contribution in [3.05, 3.63) is 35.4 Å². The Morgan fingerprint density at radius 1 is 1.19 bits per heavy atom. The van der Waals surface area contributed by atoms with Crippen LogP contribution < -0.4 is 16.0 Å². The van der Waals surface area contributed by atoms with Crippen molar-refractivity contribution < 1.29 is 4.79 Å². The number of benzene rings is 1. The Kier molecular flexibility index (Phi) is 5.30. The number of anilines is 1. The zero-order valence-electron chi connectivity index (χ0n) is 16.2. The lowest BCUT2D eigenvalue weighted by molar-refractivity contribution is 0.0944. The van der Waals surface area contributed by atoms with E-state index in [1.165, 1.54) is 32.1 Å². The number of carbonyl (C=O) groups is 1. The molecule has 27 heavy (non-hydrogen) atoms. The van der Waals surface area contributed by atoms with Crippen LogP contribution in [0.25, 0.3) is 10.9 Å². The number of aryl methyl sites for hydroxylation is 1. The van der Waals surface area contributed by atoms with Gasteiger partial charge in [-0.05, 0) is 55.9 Å². The van der Waals surface area contributed by atoms with Gasteiger partial charge in [0.2, 0.25) is 0 Å². The maximum atomic E-state index is 12.9. The van der Waals surface area contributed by atoms with Crippen LogP contribution in [-0.4, -0.2) is 36.6 Å². The van der Waals surface area contributed by atoms with Crippen molar-refractivity contribution in [1.29, 1.82) is 0 Å². The lowest BCUT2D eigenvalue weighted by Crippen LogP contribution is -2.31. The first kappa shape index (κ1) is 18.2. The summed E-state index contributed by atoms with van der Waals surface area (Å²) in [5.74, 6) is 1.61.